The Bertz CT molecular complexity index is 664. The Kier molecular flexibility index (Phi) is 6.03. The van der Waals surface area contributed by atoms with E-state index in [2.05, 4.69) is 37.7 Å². The molecule has 6 nitrogen and oxygen atoms in total. The second-order valence-corrected chi connectivity index (χ2v) is 8.38. The molecule has 0 radical (unpaired) electrons. The first-order valence-electron chi connectivity index (χ1n) is 9.20. The number of amides is 1. The maximum Gasteiger partial charge on any atom is 0.345 e. The van der Waals surface area contributed by atoms with Gasteiger partial charge in [-0.2, -0.15) is 4.98 Å². The van der Waals surface area contributed by atoms with Crippen LogP contribution in [0.1, 0.15) is 63.6 Å². The summed E-state index contributed by atoms with van der Waals surface area (Å²) in [6.07, 6.45) is 2.10. The second kappa shape index (κ2) is 7.68. The van der Waals surface area contributed by atoms with E-state index < -0.39 is 11.3 Å². The number of carbonyl (C=O) groups is 1. The highest BCUT2D eigenvalue weighted by Gasteiger charge is 2.39. The Morgan fingerprint density at radius 2 is 2.08 bits per heavy atom. The summed E-state index contributed by atoms with van der Waals surface area (Å²) in [6.45, 7) is 11.2. The van der Waals surface area contributed by atoms with E-state index >= 15 is 0 Å². The van der Waals surface area contributed by atoms with Crippen molar-refractivity contribution in [1.29, 1.82) is 0 Å². The molecule has 0 unspecified atom stereocenters. The number of aromatic amines is 1. The maximum atomic E-state index is 12.9. The predicted octanol–water partition coefficient (Wildman–Crippen LogP) is 2.23. The minimum absolute atomic E-state index is 0.0299. The topological polar surface area (TPSA) is 86.3 Å². The fourth-order valence-electron chi connectivity index (χ4n) is 3.53. The van der Waals surface area contributed by atoms with E-state index in [1.807, 2.05) is 6.92 Å². The number of carbonyl (C=O) groups excluding carboxylic acids is 1. The molecule has 2 N–H and O–H groups in total. The summed E-state index contributed by atoms with van der Waals surface area (Å²) in [6, 6.07) is 1.69. The Hall–Kier alpha value is -1.69. The predicted molar refractivity (Wildman–Crippen MR) is 97.5 cm³/mol. The zero-order chi connectivity index (χ0) is 18.8. The lowest BCUT2D eigenvalue weighted by molar-refractivity contribution is -0.0578. The van der Waals surface area contributed by atoms with Crippen LogP contribution < -0.4 is 5.69 Å². The van der Waals surface area contributed by atoms with E-state index in [0.717, 1.165) is 12.1 Å². The van der Waals surface area contributed by atoms with Gasteiger partial charge in [0.25, 0.3) is 5.91 Å². The highest BCUT2D eigenvalue weighted by Crippen LogP contribution is 2.32. The summed E-state index contributed by atoms with van der Waals surface area (Å²) in [5, 5.41) is 10.6. The molecular weight excluding hydrogens is 318 g/mol. The summed E-state index contributed by atoms with van der Waals surface area (Å²) in [7, 11) is 0. The van der Waals surface area contributed by atoms with Gasteiger partial charge >= 0.3 is 5.69 Å². The molecule has 2 heterocycles. The average molecular weight is 349 g/mol. The van der Waals surface area contributed by atoms with Crippen LogP contribution in [0.3, 0.4) is 0 Å². The number of hydrogen-bond acceptors (Lipinski definition) is 4. The van der Waals surface area contributed by atoms with Crippen molar-refractivity contribution in [2.24, 2.45) is 17.8 Å². The van der Waals surface area contributed by atoms with Crippen molar-refractivity contribution in [2.45, 2.75) is 59.5 Å². The van der Waals surface area contributed by atoms with Crippen LogP contribution in [0.2, 0.25) is 0 Å². The van der Waals surface area contributed by atoms with Crippen molar-refractivity contribution in [1.82, 2.24) is 14.9 Å². The molecule has 1 amide bonds. The van der Waals surface area contributed by atoms with E-state index in [0.29, 0.717) is 37.8 Å². The van der Waals surface area contributed by atoms with Gasteiger partial charge in [-0.15, -0.1) is 0 Å². The molecule has 25 heavy (non-hydrogen) atoms. The van der Waals surface area contributed by atoms with E-state index in [9.17, 15) is 14.7 Å². The van der Waals surface area contributed by atoms with Crippen LogP contribution in [0.25, 0.3) is 0 Å². The van der Waals surface area contributed by atoms with Crippen molar-refractivity contribution < 1.29 is 9.90 Å². The molecule has 2 atom stereocenters. The normalized spacial score (nSPS) is 24.2. The molecule has 0 bridgehead atoms. The number of nitrogens with one attached hydrogen (secondary N) is 1. The van der Waals surface area contributed by atoms with Gasteiger partial charge in [0, 0.05) is 24.7 Å². The monoisotopic (exact) mass is 349 g/mol. The van der Waals surface area contributed by atoms with Gasteiger partial charge in [-0.3, -0.25) is 4.79 Å². The quantitative estimate of drug-likeness (QED) is 0.853. The van der Waals surface area contributed by atoms with Crippen LogP contribution in [0.4, 0.5) is 0 Å². The lowest BCUT2D eigenvalue weighted by atomic mass is 9.78. The third kappa shape index (κ3) is 5.14. The number of aromatic nitrogens is 2. The maximum absolute atomic E-state index is 12.9. The van der Waals surface area contributed by atoms with Gasteiger partial charge in [-0.25, -0.2) is 4.79 Å². The minimum atomic E-state index is -0.758. The summed E-state index contributed by atoms with van der Waals surface area (Å²) < 4.78 is 0. The standard InChI is InChI=1S/C19H31N3O3/c1-12(2)8-14-11-22(7-6-19(14,5)25)17(23)16-10-15(9-13(3)4)20-18(24)21-16/h10,12-14,25H,6-9,11H2,1-5H3,(H,20,21,24)/t14-,19+/m0/s1. The van der Waals surface area contributed by atoms with Crippen LogP contribution in [0, 0.1) is 17.8 Å². The van der Waals surface area contributed by atoms with Crippen LogP contribution in [-0.4, -0.2) is 44.6 Å². The lowest BCUT2D eigenvalue weighted by Crippen LogP contribution is -2.52. The fraction of sp³-hybridized carbons (Fsp3) is 0.737. The molecule has 6 heteroatoms. The number of aliphatic hydroxyl groups is 1. The number of nitrogens with zero attached hydrogens (tertiary/aromatic N) is 2. The Morgan fingerprint density at radius 3 is 2.68 bits per heavy atom. The molecule has 0 spiro atoms. The van der Waals surface area contributed by atoms with Crippen molar-refractivity contribution in [3.8, 4) is 0 Å². The average Bonchev–Trinajstić information content (AvgIpc) is 2.47. The molecule has 140 valence electrons. The fourth-order valence-corrected chi connectivity index (χ4v) is 3.53. The van der Waals surface area contributed by atoms with Gasteiger partial charge < -0.3 is 15.0 Å². The van der Waals surface area contributed by atoms with E-state index in [1.54, 1.807) is 11.0 Å². The van der Waals surface area contributed by atoms with Gasteiger partial charge in [0.1, 0.15) is 5.69 Å². The summed E-state index contributed by atoms with van der Waals surface area (Å²) in [5.74, 6) is 0.631. The molecule has 0 aliphatic carbocycles. The molecule has 0 saturated carbocycles. The van der Waals surface area contributed by atoms with Crippen LogP contribution >= 0.6 is 0 Å². The number of hydrogen-bond donors (Lipinski definition) is 2. The van der Waals surface area contributed by atoms with E-state index in [4.69, 9.17) is 0 Å². The van der Waals surface area contributed by atoms with Crippen LogP contribution in [-0.2, 0) is 6.42 Å². The third-order valence-electron chi connectivity index (χ3n) is 4.90. The summed E-state index contributed by atoms with van der Waals surface area (Å²) in [4.78, 5) is 33.0. The molecule has 2 rings (SSSR count). The Balaban J connectivity index is 2.20. The zero-order valence-electron chi connectivity index (χ0n) is 16.0. The van der Waals surface area contributed by atoms with Crippen LogP contribution in [0.15, 0.2) is 10.9 Å². The third-order valence-corrected chi connectivity index (χ3v) is 4.90. The smallest absolute Gasteiger partial charge is 0.345 e. The van der Waals surface area contributed by atoms with Gasteiger partial charge in [-0.1, -0.05) is 27.7 Å². The Morgan fingerprint density at radius 1 is 1.40 bits per heavy atom. The van der Waals surface area contributed by atoms with E-state index in [-0.39, 0.29) is 17.5 Å². The Labute approximate surface area is 149 Å². The van der Waals surface area contributed by atoms with Gasteiger partial charge in [0.05, 0.1) is 5.60 Å². The molecule has 1 aromatic rings. The van der Waals surface area contributed by atoms with Crippen molar-refractivity contribution in [3.63, 3.8) is 0 Å². The van der Waals surface area contributed by atoms with Crippen molar-refractivity contribution in [3.05, 3.63) is 27.9 Å². The molecule has 1 aliphatic rings. The molecular formula is C19H31N3O3. The van der Waals surface area contributed by atoms with Gasteiger partial charge in [-0.05, 0) is 44.1 Å². The lowest BCUT2D eigenvalue weighted by Gasteiger charge is -2.43. The first kappa shape index (κ1) is 19.6. The van der Waals surface area contributed by atoms with E-state index in [1.165, 1.54) is 0 Å². The minimum Gasteiger partial charge on any atom is -0.390 e. The zero-order valence-corrected chi connectivity index (χ0v) is 16.0. The molecule has 0 aromatic carbocycles. The SMILES string of the molecule is CC(C)Cc1cc(C(=O)N2CC[C@@](C)(O)[C@@H](CC(C)C)C2)nc(=O)[nH]1. The summed E-state index contributed by atoms with van der Waals surface area (Å²) >= 11 is 0. The van der Waals surface area contributed by atoms with Crippen molar-refractivity contribution in [2.75, 3.05) is 13.1 Å². The highest BCUT2D eigenvalue weighted by molar-refractivity contribution is 5.92. The molecule has 1 aliphatic heterocycles. The van der Waals surface area contributed by atoms with Gasteiger partial charge in [0.15, 0.2) is 0 Å². The first-order chi connectivity index (χ1) is 11.6. The number of H-pyrrole nitrogens is 1. The number of likely N-dealkylation sites (tertiary alicyclic amines) is 1. The van der Waals surface area contributed by atoms with Gasteiger partial charge in [0.2, 0.25) is 0 Å². The van der Waals surface area contributed by atoms with Crippen molar-refractivity contribution >= 4 is 5.91 Å². The second-order valence-electron chi connectivity index (χ2n) is 8.38. The number of rotatable bonds is 5. The largest absolute Gasteiger partial charge is 0.390 e. The van der Waals surface area contributed by atoms with Crippen LogP contribution in [0.5, 0.6) is 0 Å². The first-order valence-corrected chi connectivity index (χ1v) is 9.20. The summed E-state index contributed by atoms with van der Waals surface area (Å²) in [5.41, 5.74) is -0.305. The molecule has 1 aromatic heterocycles. The number of piperidine rings is 1. The molecule has 1 saturated heterocycles. The molecule has 1 fully saturated rings. The highest BCUT2D eigenvalue weighted by atomic mass is 16.3.